The predicted molar refractivity (Wildman–Crippen MR) is 144 cm³/mol. The fourth-order valence-corrected chi connectivity index (χ4v) is 5.36. The van der Waals surface area contributed by atoms with Gasteiger partial charge in [-0.15, -0.1) is 0 Å². The van der Waals surface area contributed by atoms with E-state index in [1.165, 1.54) is 6.42 Å². The van der Waals surface area contributed by atoms with E-state index in [0.717, 1.165) is 80.3 Å². The van der Waals surface area contributed by atoms with E-state index in [0.29, 0.717) is 18.4 Å². The Labute approximate surface area is 214 Å². The first-order valence-electron chi connectivity index (χ1n) is 13.4. The van der Waals surface area contributed by atoms with Gasteiger partial charge in [-0.05, 0) is 68.0 Å². The van der Waals surface area contributed by atoms with Crippen LogP contribution < -0.4 is 15.5 Å². The number of pyridine rings is 1. The molecule has 8 heteroatoms. The van der Waals surface area contributed by atoms with E-state index < -0.39 is 0 Å². The number of benzene rings is 1. The molecule has 2 atom stereocenters. The number of anilines is 2. The number of hydrogen-bond donors (Lipinski definition) is 2. The SMILES string of the molecule is Cc1cc(N2CC(C)CC(C)C2)nc2ccc(NC(=O)CCC(=O)NCCCN3CCOCC3)cc12. The summed E-state index contributed by atoms with van der Waals surface area (Å²) in [6.07, 6.45) is 2.52. The van der Waals surface area contributed by atoms with Crippen molar-refractivity contribution < 1.29 is 14.3 Å². The molecule has 2 aliphatic heterocycles. The van der Waals surface area contributed by atoms with E-state index in [1.54, 1.807) is 0 Å². The average Bonchev–Trinajstić information content (AvgIpc) is 2.86. The fourth-order valence-electron chi connectivity index (χ4n) is 5.36. The third-order valence-electron chi connectivity index (χ3n) is 7.13. The van der Waals surface area contributed by atoms with Crippen molar-refractivity contribution in [2.45, 2.75) is 46.5 Å². The van der Waals surface area contributed by atoms with Gasteiger partial charge in [-0.25, -0.2) is 4.98 Å². The van der Waals surface area contributed by atoms with Gasteiger partial charge < -0.3 is 20.3 Å². The monoisotopic (exact) mass is 495 g/mol. The van der Waals surface area contributed by atoms with Crippen molar-refractivity contribution in [3.8, 4) is 0 Å². The zero-order valence-corrected chi connectivity index (χ0v) is 22.0. The highest BCUT2D eigenvalue weighted by Gasteiger charge is 2.23. The first-order valence-corrected chi connectivity index (χ1v) is 13.4. The van der Waals surface area contributed by atoms with E-state index in [9.17, 15) is 9.59 Å². The maximum absolute atomic E-state index is 12.5. The summed E-state index contributed by atoms with van der Waals surface area (Å²) >= 11 is 0. The standard InChI is InChI=1S/C28H41N5O3/c1-20-15-21(2)19-33(18-20)26-16-22(3)24-17-23(5-6-25(24)31-26)30-28(35)8-7-27(34)29-9-4-10-32-11-13-36-14-12-32/h5-6,16-17,20-21H,4,7-15,18-19H2,1-3H3,(H,29,34)(H,30,35). The third-order valence-corrected chi connectivity index (χ3v) is 7.13. The molecule has 0 saturated carbocycles. The van der Waals surface area contributed by atoms with Crippen LogP contribution in [0.3, 0.4) is 0 Å². The smallest absolute Gasteiger partial charge is 0.224 e. The zero-order valence-electron chi connectivity index (χ0n) is 22.0. The number of morpholine rings is 1. The van der Waals surface area contributed by atoms with Gasteiger partial charge in [0.25, 0.3) is 0 Å². The number of hydrogen-bond acceptors (Lipinski definition) is 6. The molecule has 2 aliphatic rings. The number of nitrogens with zero attached hydrogens (tertiary/aromatic N) is 3. The lowest BCUT2D eigenvalue weighted by atomic mass is 9.92. The number of aromatic nitrogens is 1. The Hall–Kier alpha value is -2.71. The van der Waals surface area contributed by atoms with Crippen LogP contribution in [-0.2, 0) is 14.3 Å². The maximum atomic E-state index is 12.5. The molecule has 0 spiro atoms. The number of nitrogens with one attached hydrogen (secondary N) is 2. The average molecular weight is 496 g/mol. The zero-order chi connectivity index (χ0) is 25.5. The number of carbonyl (C=O) groups is 2. The molecule has 196 valence electrons. The number of amides is 2. The van der Waals surface area contributed by atoms with Crippen LogP contribution in [0.15, 0.2) is 24.3 Å². The summed E-state index contributed by atoms with van der Waals surface area (Å²) in [4.78, 5) is 34.3. The van der Waals surface area contributed by atoms with Gasteiger partial charge in [0.2, 0.25) is 11.8 Å². The number of carbonyl (C=O) groups excluding carboxylic acids is 2. The van der Waals surface area contributed by atoms with Crippen LogP contribution in [0, 0.1) is 18.8 Å². The van der Waals surface area contributed by atoms with Crippen LogP contribution in [0.25, 0.3) is 10.9 Å². The highest BCUT2D eigenvalue weighted by atomic mass is 16.5. The van der Waals surface area contributed by atoms with Crippen molar-refractivity contribution in [2.24, 2.45) is 11.8 Å². The lowest BCUT2D eigenvalue weighted by Crippen LogP contribution is -2.39. The summed E-state index contributed by atoms with van der Waals surface area (Å²) < 4.78 is 5.35. The van der Waals surface area contributed by atoms with E-state index in [2.05, 4.69) is 47.3 Å². The fraction of sp³-hybridized carbons (Fsp3) is 0.607. The Morgan fingerprint density at radius 2 is 1.78 bits per heavy atom. The van der Waals surface area contributed by atoms with Gasteiger partial charge in [0.1, 0.15) is 5.82 Å². The molecule has 3 heterocycles. The van der Waals surface area contributed by atoms with E-state index in [1.807, 2.05) is 18.2 Å². The molecule has 2 amide bonds. The highest BCUT2D eigenvalue weighted by Crippen LogP contribution is 2.29. The van der Waals surface area contributed by atoms with Crippen LogP contribution in [0.1, 0.15) is 45.1 Å². The lowest BCUT2D eigenvalue weighted by molar-refractivity contribution is -0.124. The van der Waals surface area contributed by atoms with E-state index in [-0.39, 0.29) is 24.7 Å². The number of rotatable bonds is 9. The summed E-state index contributed by atoms with van der Waals surface area (Å²) in [6.45, 7) is 13.9. The topological polar surface area (TPSA) is 86.8 Å². The summed E-state index contributed by atoms with van der Waals surface area (Å²) in [5.74, 6) is 2.13. The molecule has 8 nitrogen and oxygen atoms in total. The predicted octanol–water partition coefficient (Wildman–Crippen LogP) is 3.58. The molecule has 1 aromatic carbocycles. The van der Waals surface area contributed by atoms with Crippen molar-refractivity contribution >= 4 is 34.2 Å². The summed E-state index contributed by atoms with van der Waals surface area (Å²) in [7, 11) is 0. The van der Waals surface area contributed by atoms with Gasteiger partial charge in [0.15, 0.2) is 0 Å². The van der Waals surface area contributed by atoms with Gasteiger partial charge in [0, 0.05) is 56.6 Å². The first kappa shape index (κ1) is 26.4. The van der Waals surface area contributed by atoms with Crippen molar-refractivity contribution in [3.63, 3.8) is 0 Å². The highest BCUT2D eigenvalue weighted by molar-refractivity contribution is 5.96. The molecule has 2 fully saturated rings. The second-order valence-electron chi connectivity index (χ2n) is 10.6. The van der Waals surface area contributed by atoms with Crippen LogP contribution in [0.4, 0.5) is 11.5 Å². The Morgan fingerprint density at radius 3 is 2.53 bits per heavy atom. The van der Waals surface area contributed by atoms with Gasteiger partial charge in [0.05, 0.1) is 18.7 Å². The lowest BCUT2D eigenvalue weighted by Gasteiger charge is -2.36. The molecule has 0 radical (unpaired) electrons. The largest absolute Gasteiger partial charge is 0.379 e. The first-order chi connectivity index (χ1) is 17.4. The van der Waals surface area contributed by atoms with Crippen molar-refractivity contribution in [1.29, 1.82) is 0 Å². The van der Waals surface area contributed by atoms with Crippen LogP contribution >= 0.6 is 0 Å². The van der Waals surface area contributed by atoms with Crippen molar-refractivity contribution in [2.75, 3.05) is 62.7 Å². The summed E-state index contributed by atoms with van der Waals surface area (Å²) in [6, 6.07) is 8.00. The van der Waals surface area contributed by atoms with Crippen LogP contribution in [0.2, 0.25) is 0 Å². The molecule has 2 N–H and O–H groups in total. The molecule has 0 bridgehead atoms. The van der Waals surface area contributed by atoms with Gasteiger partial charge in [-0.1, -0.05) is 13.8 Å². The number of ether oxygens (including phenoxy) is 1. The van der Waals surface area contributed by atoms with Crippen molar-refractivity contribution in [1.82, 2.24) is 15.2 Å². The summed E-state index contributed by atoms with van der Waals surface area (Å²) in [5.41, 5.74) is 2.81. The van der Waals surface area contributed by atoms with Crippen molar-refractivity contribution in [3.05, 3.63) is 29.8 Å². The molecule has 0 aliphatic carbocycles. The number of aryl methyl sites for hydroxylation is 1. The summed E-state index contributed by atoms with van der Waals surface area (Å²) in [5, 5.41) is 6.90. The minimum atomic E-state index is -0.156. The van der Waals surface area contributed by atoms with Gasteiger partial charge in [-0.3, -0.25) is 14.5 Å². The minimum absolute atomic E-state index is 0.0837. The van der Waals surface area contributed by atoms with Crippen LogP contribution in [-0.4, -0.2) is 74.2 Å². The molecular weight excluding hydrogens is 454 g/mol. The maximum Gasteiger partial charge on any atom is 0.224 e. The van der Waals surface area contributed by atoms with Gasteiger partial charge in [-0.2, -0.15) is 0 Å². The van der Waals surface area contributed by atoms with E-state index >= 15 is 0 Å². The molecule has 1 aromatic heterocycles. The molecule has 2 saturated heterocycles. The van der Waals surface area contributed by atoms with Crippen LogP contribution in [0.5, 0.6) is 0 Å². The second kappa shape index (κ2) is 12.5. The molecular formula is C28H41N5O3. The number of piperidine rings is 1. The Kier molecular flexibility index (Phi) is 9.15. The molecule has 4 rings (SSSR count). The van der Waals surface area contributed by atoms with Gasteiger partial charge >= 0.3 is 0 Å². The Bertz CT molecular complexity index is 1040. The number of fused-ring (bicyclic) bond motifs is 1. The Balaban J connectivity index is 1.24. The molecule has 36 heavy (non-hydrogen) atoms. The second-order valence-corrected chi connectivity index (χ2v) is 10.6. The normalized spacial score (nSPS) is 20.9. The quantitative estimate of drug-likeness (QED) is 0.517. The Morgan fingerprint density at radius 1 is 1.06 bits per heavy atom. The third kappa shape index (κ3) is 7.40. The molecule has 2 aromatic rings. The minimum Gasteiger partial charge on any atom is -0.379 e. The molecule has 2 unspecified atom stereocenters. The van der Waals surface area contributed by atoms with E-state index in [4.69, 9.17) is 9.72 Å².